The topological polar surface area (TPSA) is 78.0 Å². The zero-order valence-electron chi connectivity index (χ0n) is 10.3. The Hall–Kier alpha value is -1.29. The molecule has 0 saturated carbocycles. The van der Waals surface area contributed by atoms with Gasteiger partial charge in [0.05, 0.1) is 6.54 Å². The van der Waals surface area contributed by atoms with E-state index in [4.69, 9.17) is 0 Å². The fourth-order valence-corrected chi connectivity index (χ4v) is 2.67. The van der Waals surface area contributed by atoms with Gasteiger partial charge in [0, 0.05) is 16.1 Å². The summed E-state index contributed by atoms with van der Waals surface area (Å²) >= 11 is 5.28. The first-order valence-corrected chi connectivity index (χ1v) is 7.43. The van der Waals surface area contributed by atoms with E-state index in [1.807, 2.05) is 12.1 Å². The van der Waals surface area contributed by atoms with E-state index in [2.05, 4.69) is 43.5 Å². The Morgan fingerprint density at radius 2 is 2.05 bits per heavy atom. The molecule has 2 aromatic rings. The van der Waals surface area contributed by atoms with Crippen molar-refractivity contribution in [1.29, 1.82) is 0 Å². The molecule has 20 heavy (non-hydrogen) atoms. The fourth-order valence-electron chi connectivity index (χ4n) is 1.69. The maximum atomic E-state index is 12.2. The maximum Gasteiger partial charge on any atom is 0.396 e. The molecule has 0 aliphatic carbocycles. The van der Waals surface area contributed by atoms with Gasteiger partial charge < -0.3 is 10.1 Å². The number of imidazole rings is 1. The van der Waals surface area contributed by atoms with Crippen molar-refractivity contribution < 1.29 is 9.72 Å². The molecular formula is C12H9BrIN3O3. The van der Waals surface area contributed by atoms with Crippen LogP contribution in [0, 0.1) is 20.6 Å². The Labute approximate surface area is 136 Å². The molecular weight excluding hydrogens is 441 g/mol. The molecule has 0 aliphatic rings. The summed E-state index contributed by atoms with van der Waals surface area (Å²) in [7, 11) is 0. The third kappa shape index (κ3) is 3.06. The molecule has 6 nitrogen and oxygen atoms in total. The minimum Gasteiger partial charge on any atom is -0.358 e. The number of carbonyl (C=O) groups excluding carboxylic acids is 1. The number of rotatable bonds is 4. The Bertz CT molecular complexity index is 682. The molecule has 8 heteroatoms. The van der Waals surface area contributed by atoms with Crippen LogP contribution in [0.3, 0.4) is 0 Å². The van der Waals surface area contributed by atoms with E-state index < -0.39 is 4.92 Å². The lowest BCUT2D eigenvalue weighted by Gasteiger charge is -2.04. The van der Waals surface area contributed by atoms with Gasteiger partial charge in [-0.2, -0.15) is 0 Å². The van der Waals surface area contributed by atoms with Crippen molar-refractivity contribution in [1.82, 2.24) is 9.55 Å². The lowest BCUT2D eigenvalue weighted by Crippen LogP contribution is -2.12. The number of aromatic nitrogens is 2. The second-order valence-corrected chi connectivity index (χ2v) is 6.04. The average molecular weight is 450 g/mol. The van der Waals surface area contributed by atoms with Crippen molar-refractivity contribution >= 4 is 50.1 Å². The molecule has 0 fully saturated rings. The first kappa shape index (κ1) is 15.1. The van der Waals surface area contributed by atoms with Gasteiger partial charge in [-0.05, 0) is 60.6 Å². The highest BCUT2D eigenvalue weighted by atomic mass is 127. The normalized spacial score (nSPS) is 10.6. The van der Waals surface area contributed by atoms with Crippen molar-refractivity contribution in [2.45, 2.75) is 13.5 Å². The van der Waals surface area contributed by atoms with Gasteiger partial charge in [-0.15, -0.1) is 0 Å². The van der Waals surface area contributed by atoms with Crippen LogP contribution >= 0.6 is 38.5 Å². The molecule has 1 aromatic carbocycles. The summed E-state index contributed by atoms with van der Waals surface area (Å²) in [6, 6.07) is 7.15. The van der Waals surface area contributed by atoms with Crippen LogP contribution < -0.4 is 0 Å². The van der Waals surface area contributed by atoms with Gasteiger partial charge in [-0.1, -0.05) is 12.1 Å². The van der Waals surface area contributed by atoms with Crippen LogP contribution in [-0.4, -0.2) is 20.3 Å². The highest BCUT2D eigenvalue weighted by Gasteiger charge is 2.24. The predicted molar refractivity (Wildman–Crippen MR) is 84.8 cm³/mol. The highest BCUT2D eigenvalue weighted by molar-refractivity contribution is 14.1. The van der Waals surface area contributed by atoms with E-state index >= 15 is 0 Å². The summed E-state index contributed by atoms with van der Waals surface area (Å²) in [4.78, 5) is 26.2. The number of nitro groups is 1. The number of benzene rings is 1. The molecule has 1 aromatic heterocycles. The number of halogens is 2. The second-order valence-electron chi connectivity index (χ2n) is 4.05. The molecule has 0 unspecified atom stereocenters. The molecule has 2 rings (SSSR count). The minimum absolute atomic E-state index is 0.00779. The van der Waals surface area contributed by atoms with Crippen molar-refractivity contribution in [3.63, 3.8) is 0 Å². The summed E-state index contributed by atoms with van der Waals surface area (Å²) in [5, 5.41) is 10.8. The fraction of sp³-hybridized carbons (Fsp3) is 0.167. The van der Waals surface area contributed by atoms with E-state index in [9.17, 15) is 14.9 Å². The van der Waals surface area contributed by atoms with Crippen molar-refractivity contribution in [2.24, 2.45) is 0 Å². The quantitative estimate of drug-likeness (QED) is 0.310. The zero-order chi connectivity index (χ0) is 14.9. The Morgan fingerprint density at radius 1 is 1.45 bits per heavy atom. The summed E-state index contributed by atoms with van der Waals surface area (Å²) in [6.45, 7) is 1.63. The van der Waals surface area contributed by atoms with Crippen LogP contribution in [-0.2, 0) is 6.54 Å². The van der Waals surface area contributed by atoms with Gasteiger partial charge in [-0.3, -0.25) is 9.36 Å². The van der Waals surface area contributed by atoms with Crippen LogP contribution in [0.1, 0.15) is 16.2 Å². The van der Waals surface area contributed by atoms with E-state index in [0.717, 1.165) is 3.57 Å². The highest BCUT2D eigenvalue weighted by Crippen LogP contribution is 2.25. The van der Waals surface area contributed by atoms with Gasteiger partial charge in [0.2, 0.25) is 5.82 Å². The molecule has 104 valence electrons. The number of hydrogen-bond donors (Lipinski definition) is 0. The zero-order valence-corrected chi connectivity index (χ0v) is 14.1. The number of hydrogen-bond acceptors (Lipinski definition) is 4. The average Bonchev–Trinajstić information content (AvgIpc) is 2.67. The minimum atomic E-state index is -0.580. The lowest BCUT2D eigenvalue weighted by atomic mass is 10.1. The summed E-state index contributed by atoms with van der Waals surface area (Å²) in [6.07, 6.45) is 0. The second kappa shape index (κ2) is 6.00. The van der Waals surface area contributed by atoms with Crippen LogP contribution in [0.15, 0.2) is 28.9 Å². The predicted octanol–water partition coefficient (Wildman–Crippen LogP) is 3.35. The number of nitrogens with zero attached hydrogens (tertiary/aromatic N) is 3. The third-order valence-corrected chi connectivity index (χ3v) is 4.22. The Morgan fingerprint density at radius 3 is 2.55 bits per heavy atom. The molecule has 0 spiro atoms. The van der Waals surface area contributed by atoms with Crippen LogP contribution in [0.2, 0.25) is 0 Å². The van der Waals surface area contributed by atoms with Crippen molar-refractivity contribution in [3.05, 3.63) is 53.9 Å². The first-order valence-electron chi connectivity index (χ1n) is 5.56. The maximum absolute atomic E-state index is 12.2. The molecule has 0 bridgehead atoms. The molecule has 0 aliphatic heterocycles. The number of ketones is 1. The van der Waals surface area contributed by atoms with Gasteiger partial charge in [0.15, 0.2) is 10.4 Å². The molecule has 0 amide bonds. The smallest absolute Gasteiger partial charge is 0.358 e. The molecule has 0 N–H and O–H groups in total. The molecule has 1 heterocycles. The van der Waals surface area contributed by atoms with Crippen LogP contribution in [0.25, 0.3) is 0 Å². The number of Topliss-reactive ketones (excluding diaryl/α,β-unsaturated/α-hetero) is 1. The van der Waals surface area contributed by atoms with Gasteiger partial charge >= 0.3 is 5.82 Å². The summed E-state index contributed by atoms with van der Waals surface area (Å²) in [5.41, 5.74) is 0.563. The van der Waals surface area contributed by atoms with Crippen LogP contribution in [0.4, 0.5) is 5.82 Å². The van der Waals surface area contributed by atoms with Gasteiger partial charge in [0.1, 0.15) is 0 Å². The first-order chi connectivity index (χ1) is 9.40. The van der Waals surface area contributed by atoms with Gasteiger partial charge in [0.25, 0.3) is 0 Å². The van der Waals surface area contributed by atoms with Crippen molar-refractivity contribution in [3.8, 4) is 0 Å². The van der Waals surface area contributed by atoms with E-state index in [1.165, 1.54) is 4.57 Å². The SMILES string of the molecule is Cc1nc([N+](=O)[O-])c(Br)n1CC(=O)c1ccc(I)cc1. The monoisotopic (exact) mass is 449 g/mol. The summed E-state index contributed by atoms with van der Waals surface area (Å²) in [5.74, 6) is 0.0119. The molecule has 0 saturated heterocycles. The number of aryl methyl sites for hydroxylation is 1. The Balaban J connectivity index is 2.28. The lowest BCUT2D eigenvalue weighted by molar-refractivity contribution is -0.390. The van der Waals surface area contributed by atoms with Crippen molar-refractivity contribution in [2.75, 3.05) is 0 Å². The third-order valence-electron chi connectivity index (χ3n) is 2.72. The Kier molecular flexibility index (Phi) is 4.53. The largest absolute Gasteiger partial charge is 0.396 e. The standard InChI is InChI=1S/C12H9BrIN3O3/c1-7-15-12(17(19)20)11(13)16(7)6-10(18)8-2-4-9(14)5-3-8/h2-5H,6H2,1H3. The molecule has 0 atom stereocenters. The molecule has 0 radical (unpaired) electrons. The van der Waals surface area contributed by atoms with Crippen LogP contribution in [0.5, 0.6) is 0 Å². The van der Waals surface area contributed by atoms with E-state index in [0.29, 0.717) is 11.4 Å². The van der Waals surface area contributed by atoms with E-state index in [-0.39, 0.29) is 22.7 Å². The van der Waals surface area contributed by atoms with Gasteiger partial charge in [-0.25, -0.2) is 0 Å². The summed E-state index contributed by atoms with van der Waals surface area (Å²) < 4.78 is 2.73. The number of carbonyl (C=O) groups is 1. The van der Waals surface area contributed by atoms with E-state index in [1.54, 1.807) is 19.1 Å².